The molecule has 7 nitrogen and oxygen atoms in total. The molecule has 0 saturated heterocycles. The van der Waals surface area contributed by atoms with Crippen molar-refractivity contribution in [1.29, 1.82) is 0 Å². The fourth-order valence-corrected chi connectivity index (χ4v) is 1.86. The zero-order valence-corrected chi connectivity index (χ0v) is 11.8. The lowest BCUT2D eigenvalue weighted by molar-refractivity contribution is -0.385. The zero-order valence-electron chi connectivity index (χ0n) is 11.8. The quantitative estimate of drug-likeness (QED) is 0.467. The molecular formula is C13H18N2O5. The molecule has 0 fully saturated rings. The van der Waals surface area contributed by atoms with Crippen LogP contribution < -0.4 is 4.90 Å². The molecule has 0 aliphatic carbocycles. The second-order valence-electron chi connectivity index (χ2n) is 4.32. The minimum atomic E-state index is -1.19. The first-order chi connectivity index (χ1) is 9.38. The molecule has 1 aromatic carbocycles. The molecule has 0 aliphatic heterocycles. The normalized spacial score (nSPS) is 10.3. The molecule has 0 spiro atoms. The molecule has 7 heteroatoms. The van der Waals surface area contributed by atoms with Crippen LogP contribution in [-0.4, -0.2) is 42.8 Å². The maximum Gasteiger partial charge on any atom is 0.336 e. The SMILES string of the molecule is CCOCCN(C)c1cc(C(=O)O)cc([N+](=O)[O-])c1C. The topological polar surface area (TPSA) is 92.9 Å². The Kier molecular flexibility index (Phi) is 5.45. The summed E-state index contributed by atoms with van der Waals surface area (Å²) in [5, 5.41) is 20.0. The highest BCUT2D eigenvalue weighted by atomic mass is 16.6. The summed E-state index contributed by atoms with van der Waals surface area (Å²) < 4.78 is 5.23. The smallest absolute Gasteiger partial charge is 0.336 e. The highest BCUT2D eigenvalue weighted by molar-refractivity contribution is 5.90. The predicted octanol–water partition coefficient (Wildman–Crippen LogP) is 2.07. The molecular weight excluding hydrogens is 264 g/mol. The standard InChI is InChI=1S/C13H18N2O5/c1-4-20-6-5-14(3)11-7-10(13(16)17)8-12(9(11)2)15(18)19/h7-8H,4-6H2,1-3H3,(H,16,17). The summed E-state index contributed by atoms with van der Waals surface area (Å²) in [6, 6.07) is 2.52. The summed E-state index contributed by atoms with van der Waals surface area (Å²) in [6.45, 7) is 5.06. The minimum Gasteiger partial charge on any atom is -0.478 e. The number of hydrogen-bond donors (Lipinski definition) is 1. The van der Waals surface area contributed by atoms with Crippen LogP contribution in [-0.2, 0) is 4.74 Å². The van der Waals surface area contributed by atoms with Gasteiger partial charge in [-0.25, -0.2) is 4.79 Å². The van der Waals surface area contributed by atoms with Crippen LogP contribution in [0.5, 0.6) is 0 Å². The molecule has 0 bridgehead atoms. The van der Waals surface area contributed by atoms with E-state index in [2.05, 4.69) is 0 Å². The molecule has 1 aromatic rings. The average molecular weight is 282 g/mol. The van der Waals surface area contributed by atoms with Crippen molar-refractivity contribution in [3.63, 3.8) is 0 Å². The number of carboxylic acids is 1. The molecule has 0 radical (unpaired) electrons. The summed E-state index contributed by atoms with van der Waals surface area (Å²) >= 11 is 0. The van der Waals surface area contributed by atoms with E-state index < -0.39 is 10.9 Å². The van der Waals surface area contributed by atoms with Crippen molar-refractivity contribution in [1.82, 2.24) is 0 Å². The highest BCUT2D eigenvalue weighted by Gasteiger charge is 2.20. The molecule has 20 heavy (non-hydrogen) atoms. The van der Waals surface area contributed by atoms with Gasteiger partial charge in [0, 0.05) is 32.0 Å². The van der Waals surface area contributed by atoms with Crippen molar-refractivity contribution in [3.05, 3.63) is 33.4 Å². The van der Waals surface area contributed by atoms with E-state index in [1.54, 1.807) is 18.9 Å². The third-order valence-corrected chi connectivity index (χ3v) is 2.98. The summed E-state index contributed by atoms with van der Waals surface area (Å²) in [6.07, 6.45) is 0. The van der Waals surface area contributed by atoms with Crippen molar-refractivity contribution in [2.24, 2.45) is 0 Å². The number of carbonyl (C=O) groups is 1. The number of carboxylic acid groups (broad SMARTS) is 1. The third kappa shape index (κ3) is 3.67. The lowest BCUT2D eigenvalue weighted by Crippen LogP contribution is -2.24. The van der Waals surface area contributed by atoms with E-state index in [1.807, 2.05) is 6.92 Å². The van der Waals surface area contributed by atoms with Crippen LogP contribution in [0.2, 0.25) is 0 Å². The number of nitrogens with zero attached hydrogens (tertiary/aromatic N) is 2. The molecule has 0 heterocycles. The highest BCUT2D eigenvalue weighted by Crippen LogP contribution is 2.29. The first kappa shape index (κ1) is 15.9. The van der Waals surface area contributed by atoms with Gasteiger partial charge in [-0.3, -0.25) is 10.1 Å². The fraction of sp³-hybridized carbons (Fsp3) is 0.462. The maximum absolute atomic E-state index is 11.1. The summed E-state index contributed by atoms with van der Waals surface area (Å²) in [5.41, 5.74) is 0.680. The van der Waals surface area contributed by atoms with E-state index in [0.717, 1.165) is 6.07 Å². The number of nitro groups is 1. The van der Waals surface area contributed by atoms with E-state index in [9.17, 15) is 14.9 Å². The van der Waals surface area contributed by atoms with Crippen LogP contribution >= 0.6 is 0 Å². The molecule has 110 valence electrons. The van der Waals surface area contributed by atoms with E-state index in [-0.39, 0.29) is 11.3 Å². The molecule has 0 amide bonds. The zero-order chi connectivity index (χ0) is 15.3. The molecule has 0 unspecified atom stereocenters. The maximum atomic E-state index is 11.1. The van der Waals surface area contributed by atoms with Gasteiger partial charge >= 0.3 is 5.97 Å². The Balaban J connectivity index is 3.16. The third-order valence-electron chi connectivity index (χ3n) is 2.98. The fourth-order valence-electron chi connectivity index (χ4n) is 1.86. The van der Waals surface area contributed by atoms with Gasteiger partial charge in [0.1, 0.15) is 0 Å². The molecule has 1 N–H and O–H groups in total. The Morgan fingerprint density at radius 1 is 1.50 bits per heavy atom. The lowest BCUT2D eigenvalue weighted by Gasteiger charge is -2.21. The molecule has 0 aromatic heterocycles. The van der Waals surface area contributed by atoms with Gasteiger partial charge in [-0.15, -0.1) is 0 Å². The number of anilines is 1. The molecule has 0 aliphatic rings. The van der Waals surface area contributed by atoms with E-state index in [1.165, 1.54) is 6.07 Å². The molecule has 0 atom stereocenters. The molecule has 0 saturated carbocycles. The van der Waals surface area contributed by atoms with Crippen molar-refractivity contribution < 1.29 is 19.6 Å². The second kappa shape index (κ2) is 6.85. The van der Waals surface area contributed by atoms with Gasteiger partial charge in [0.2, 0.25) is 0 Å². The largest absolute Gasteiger partial charge is 0.478 e. The van der Waals surface area contributed by atoms with Crippen LogP contribution in [0.25, 0.3) is 0 Å². The number of nitro benzene ring substituents is 1. The number of hydrogen-bond acceptors (Lipinski definition) is 5. The van der Waals surface area contributed by atoms with Gasteiger partial charge < -0.3 is 14.7 Å². The number of aromatic carboxylic acids is 1. The van der Waals surface area contributed by atoms with E-state index in [4.69, 9.17) is 9.84 Å². The van der Waals surface area contributed by atoms with Crippen LogP contribution in [0, 0.1) is 17.0 Å². The van der Waals surface area contributed by atoms with Gasteiger partial charge in [0.25, 0.3) is 5.69 Å². The Hall–Kier alpha value is -2.15. The van der Waals surface area contributed by atoms with Crippen LogP contribution in [0.3, 0.4) is 0 Å². The van der Waals surface area contributed by atoms with Gasteiger partial charge in [0.15, 0.2) is 0 Å². The van der Waals surface area contributed by atoms with Gasteiger partial charge in [-0.1, -0.05) is 0 Å². The van der Waals surface area contributed by atoms with Gasteiger partial charge in [-0.2, -0.15) is 0 Å². The summed E-state index contributed by atoms with van der Waals surface area (Å²) in [4.78, 5) is 23.2. The van der Waals surface area contributed by atoms with Gasteiger partial charge in [-0.05, 0) is 19.9 Å². The van der Waals surface area contributed by atoms with E-state index >= 15 is 0 Å². The van der Waals surface area contributed by atoms with Crippen LogP contribution in [0.4, 0.5) is 11.4 Å². The number of benzene rings is 1. The van der Waals surface area contributed by atoms with Crippen molar-refractivity contribution in [3.8, 4) is 0 Å². The summed E-state index contributed by atoms with van der Waals surface area (Å²) in [7, 11) is 1.75. The van der Waals surface area contributed by atoms with Crippen molar-refractivity contribution >= 4 is 17.3 Å². The number of rotatable bonds is 7. The Labute approximate surface area is 116 Å². The Morgan fingerprint density at radius 2 is 2.15 bits per heavy atom. The lowest BCUT2D eigenvalue weighted by atomic mass is 10.1. The van der Waals surface area contributed by atoms with Crippen molar-refractivity contribution in [2.45, 2.75) is 13.8 Å². The summed E-state index contributed by atoms with van der Waals surface area (Å²) in [5.74, 6) is -1.19. The van der Waals surface area contributed by atoms with Crippen LogP contribution in [0.1, 0.15) is 22.8 Å². The van der Waals surface area contributed by atoms with Crippen molar-refractivity contribution in [2.75, 3.05) is 31.7 Å². The number of likely N-dealkylation sites (N-methyl/N-ethyl adjacent to an activating group) is 1. The minimum absolute atomic E-state index is 0.0967. The first-order valence-electron chi connectivity index (χ1n) is 6.19. The van der Waals surface area contributed by atoms with E-state index in [0.29, 0.717) is 31.0 Å². The monoisotopic (exact) mass is 282 g/mol. The molecule has 1 rings (SSSR count). The van der Waals surface area contributed by atoms with Gasteiger partial charge in [0.05, 0.1) is 22.7 Å². The Bertz CT molecular complexity index is 516. The first-order valence-corrected chi connectivity index (χ1v) is 6.19. The predicted molar refractivity (Wildman–Crippen MR) is 74.6 cm³/mol. The average Bonchev–Trinajstić information content (AvgIpc) is 2.38. The number of ether oxygens (including phenoxy) is 1. The Morgan fingerprint density at radius 3 is 2.65 bits per heavy atom. The van der Waals surface area contributed by atoms with Crippen LogP contribution in [0.15, 0.2) is 12.1 Å². The second-order valence-corrected chi connectivity index (χ2v) is 4.32.